The lowest BCUT2D eigenvalue weighted by atomic mass is 9.43. The highest BCUT2D eigenvalue weighted by molar-refractivity contribution is 5.66. The van der Waals surface area contributed by atoms with E-state index in [9.17, 15) is 19.5 Å². The molecule has 1 N–H and O–H groups in total. The predicted molar refractivity (Wildman–Crippen MR) is 127 cm³/mol. The van der Waals surface area contributed by atoms with E-state index in [-0.39, 0.29) is 35.3 Å². The summed E-state index contributed by atoms with van der Waals surface area (Å²) in [4.78, 5) is 35.2. The van der Waals surface area contributed by atoms with E-state index in [4.69, 9.17) is 13.9 Å². The van der Waals surface area contributed by atoms with Gasteiger partial charge in [-0.1, -0.05) is 13.8 Å². The van der Waals surface area contributed by atoms with Crippen molar-refractivity contribution in [1.82, 2.24) is 0 Å². The average Bonchev–Trinajstić information content (AvgIpc) is 3.00. The Morgan fingerprint density at radius 2 is 1.74 bits per heavy atom. The van der Waals surface area contributed by atoms with Crippen LogP contribution in [-0.4, -0.2) is 34.9 Å². The average molecular weight is 487 g/mol. The molecule has 35 heavy (non-hydrogen) atoms. The van der Waals surface area contributed by atoms with Crippen molar-refractivity contribution in [3.8, 4) is 0 Å². The van der Waals surface area contributed by atoms with Crippen molar-refractivity contribution in [3.63, 3.8) is 0 Å². The number of carbonyl (C=O) groups is 2. The number of carbonyl (C=O) groups excluding carboxylic acids is 2. The molecule has 4 saturated carbocycles. The number of aliphatic hydroxyl groups is 1. The van der Waals surface area contributed by atoms with Crippen LogP contribution in [-0.2, 0) is 19.1 Å². The fourth-order valence-electron chi connectivity index (χ4n) is 8.99. The fourth-order valence-corrected chi connectivity index (χ4v) is 8.99. The van der Waals surface area contributed by atoms with Crippen molar-refractivity contribution in [2.24, 2.45) is 28.6 Å². The number of hydrogen-bond donors (Lipinski definition) is 1. The van der Waals surface area contributed by atoms with Crippen LogP contribution in [0.4, 0.5) is 0 Å². The number of esters is 2. The largest absolute Gasteiger partial charge is 0.463 e. The standard InChI is InChI=1S/C28H38O7/c1-16(29)34-20-9-11-26(3)19(13-20)6-7-22-21(26)10-12-27(4)25(18-5-8-24(31)33-15-18)23(35-17(2)30)14-28(22,27)32/h5,8,15,19-23,25,32H,6-7,9-14H2,1-4H3/t19-,20+,21+,22-,23+,25?,26+,27-,28?/m1/s1. The molecule has 5 rings (SSSR count). The molecule has 0 aliphatic heterocycles. The highest BCUT2D eigenvalue weighted by Gasteiger charge is 2.70. The lowest BCUT2D eigenvalue weighted by Gasteiger charge is -2.63. The second-order valence-electron chi connectivity index (χ2n) is 12.1. The van der Waals surface area contributed by atoms with Gasteiger partial charge in [0.15, 0.2) is 0 Å². The molecule has 4 aliphatic carbocycles. The van der Waals surface area contributed by atoms with Gasteiger partial charge in [-0.2, -0.15) is 0 Å². The Morgan fingerprint density at radius 1 is 1.00 bits per heavy atom. The highest BCUT2D eigenvalue weighted by atomic mass is 16.5. The van der Waals surface area contributed by atoms with Crippen LogP contribution in [0.1, 0.15) is 90.5 Å². The molecule has 0 amide bonds. The summed E-state index contributed by atoms with van der Waals surface area (Å²) in [5.74, 6) is 0.126. The molecule has 9 atom stereocenters. The maximum Gasteiger partial charge on any atom is 0.335 e. The smallest absolute Gasteiger partial charge is 0.335 e. The molecule has 0 aromatic carbocycles. The van der Waals surface area contributed by atoms with E-state index in [0.29, 0.717) is 18.3 Å². The SMILES string of the molecule is CC(=O)O[C@H]1CC[C@@]2(C)[C@H](CC[C@@H]3[C@@H]2CC[C@]2(C)C(c4ccc(=O)oc4)[C@@H](OC(C)=O)CC32O)C1. The third-order valence-electron chi connectivity index (χ3n) is 10.5. The lowest BCUT2D eigenvalue weighted by Crippen LogP contribution is -2.62. The van der Waals surface area contributed by atoms with Gasteiger partial charge in [0.2, 0.25) is 0 Å². The second kappa shape index (κ2) is 8.46. The number of hydrogen-bond acceptors (Lipinski definition) is 7. The first-order valence-electron chi connectivity index (χ1n) is 13.1. The van der Waals surface area contributed by atoms with E-state index in [1.54, 1.807) is 6.07 Å². The molecule has 1 aromatic rings. The summed E-state index contributed by atoms with van der Waals surface area (Å²) < 4.78 is 16.6. The lowest BCUT2D eigenvalue weighted by molar-refractivity contribution is -0.207. The van der Waals surface area contributed by atoms with E-state index < -0.39 is 22.7 Å². The van der Waals surface area contributed by atoms with Crippen LogP contribution in [0.5, 0.6) is 0 Å². The molecule has 7 nitrogen and oxygen atoms in total. The molecule has 0 spiro atoms. The summed E-state index contributed by atoms with van der Waals surface area (Å²) in [5, 5.41) is 12.6. The zero-order chi connectivity index (χ0) is 25.2. The first kappa shape index (κ1) is 24.5. The normalized spacial score (nSPS) is 44.5. The zero-order valence-corrected chi connectivity index (χ0v) is 21.2. The molecule has 192 valence electrons. The second-order valence-corrected chi connectivity index (χ2v) is 12.1. The number of fused-ring (bicyclic) bond motifs is 5. The van der Waals surface area contributed by atoms with Gasteiger partial charge in [0, 0.05) is 37.7 Å². The van der Waals surface area contributed by atoms with Crippen LogP contribution in [0.15, 0.2) is 27.6 Å². The monoisotopic (exact) mass is 486 g/mol. The summed E-state index contributed by atoms with van der Waals surface area (Å²) in [6.45, 7) is 7.41. The maximum absolute atomic E-state index is 12.6. The first-order chi connectivity index (χ1) is 16.5. The third-order valence-corrected chi connectivity index (χ3v) is 10.5. The molecule has 0 saturated heterocycles. The van der Waals surface area contributed by atoms with E-state index in [1.165, 1.54) is 26.2 Å². The Balaban J connectivity index is 1.48. The van der Waals surface area contributed by atoms with E-state index in [0.717, 1.165) is 50.5 Å². The van der Waals surface area contributed by atoms with Crippen LogP contribution in [0.25, 0.3) is 0 Å². The summed E-state index contributed by atoms with van der Waals surface area (Å²) in [7, 11) is 0. The van der Waals surface area contributed by atoms with Crippen LogP contribution >= 0.6 is 0 Å². The minimum absolute atomic E-state index is 0.00369. The first-order valence-corrected chi connectivity index (χ1v) is 13.1. The Kier molecular flexibility index (Phi) is 5.93. The molecule has 2 unspecified atom stereocenters. The van der Waals surface area contributed by atoms with Crippen molar-refractivity contribution in [1.29, 1.82) is 0 Å². The molecular weight excluding hydrogens is 448 g/mol. The molecule has 1 aromatic heterocycles. The van der Waals surface area contributed by atoms with Crippen molar-refractivity contribution < 1.29 is 28.6 Å². The molecule has 0 radical (unpaired) electrons. The molecule has 4 aliphatic rings. The number of ether oxygens (including phenoxy) is 2. The molecule has 0 bridgehead atoms. The van der Waals surface area contributed by atoms with Crippen LogP contribution < -0.4 is 5.63 Å². The van der Waals surface area contributed by atoms with Crippen LogP contribution in [0.3, 0.4) is 0 Å². The van der Waals surface area contributed by atoms with Gasteiger partial charge in [-0.3, -0.25) is 9.59 Å². The summed E-state index contributed by atoms with van der Waals surface area (Å²) in [6.07, 6.45) is 7.86. The zero-order valence-electron chi connectivity index (χ0n) is 21.2. The minimum Gasteiger partial charge on any atom is -0.463 e. The van der Waals surface area contributed by atoms with Crippen molar-refractivity contribution in [3.05, 3.63) is 34.4 Å². The van der Waals surface area contributed by atoms with Crippen molar-refractivity contribution >= 4 is 11.9 Å². The van der Waals surface area contributed by atoms with Gasteiger partial charge in [0.05, 0.1) is 11.9 Å². The summed E-state index contributed by atoms with van der Waals surface area (Å²) in [6, 6.07) is 3.16. The van der Waals surface area contributed by atoms with Gasteiger partial charge in [0.1, 0.15) is 12.2 Å². The number of rotatable bonds is 3. The van der Waals surface area contributed by atoms with Gasteiger partial charge >= 0.3 is 17.6 Å². The van der Waals surface area contributed by atoms with E-state index in [2.05, 4.69) is 13.8 Å². The molecule has 7 heteroatoms. The fraction of sp³-hybridized carbons (Fsp3) is 0.750. The van der Waals surface area contributed by atoms with Gasteiger partial charge in [-0.05, 0) is 79.7 Å². The summed E-state index contributed by atoms with van der Waals surface area (Å²) in [5.41, 5.74) is -1.03. The van der Waals surface area contributed by atoms with Crippen molar-refractivity contribution in [2.75, 3.05) is 0 Å². The summed E-state index contributed by atoms with van der Waals surface area (Å²) >= 11 is 0. The van der Waals surface area contributed by atoms with E-state index in [1.807, 2.05) is 0 Å². The van der Waals surface area contributed by atoms with E-state index >= 15 is 0 Å². The molecule has 4 fully saturated rings. The Labute approximate surface area is 206 Å². The minimum atomic E-state index is -0.989. The molecule has 1 heterocycles. The Morgan fingerprint density at radius 3 is 2.40 bits per heavy atom. The van der Waals surface area contributed by atoms with Crippen LogP contribution in [0.2, 0.25) is 0 Å². The van der Waals surface area contributed by atoms with Gasteiger partial charge in [0.25, 0.3) is 0 Å². The predicted octanol–water partition coefficient (Wildman–Crippen LogP) is 4.35. The van der Waals surface area contributed by atoms with Gasteiger partial charge in [-0.25, -0.2) is 4.79 Å². The van der Waals surface area contributed by atoms with Gasteiger partial charge in [-0.15, -0.1) is 0 Å². The van der Waals surface area contributed by atoms with Crippen molar-refractivity contribution in [2.45, 2.75) is 103 Å². The topological polar surface area (TPSA) is 103 Å². The van der Waals surface area contributed by atoms with Gasteiger partial charge < -0.3 is 19.0 Å². The Bertz CT molecular complexity index is 1040. The quantitative estimate of drug-likeness (QED) is 0.634. The molecular formula is C28H38O7. The maximum atomic E-state index is 12.6. The van der Waals surface area contributed by atoms with Crippen LogP contribution in [0, 0.1) is 28.6 Å². The third kappa shape index (κ3) is 3.76. The highest BCUT2D eigenvalue weighted by Crippen LogP contribution is 2.71. The Hall–Kier alpha value is -2.15.